The Morgan fingerprint density at radius 1 is 1.06 bits per heavy atom. The zero-order valence-corrected chi connectivity index (χ0v) is 19.5. The fourth-order valence-corrected chi connectivity index (χ4v) is 4.63. The monoisotopic (exact) mass is 472 g/mol. The number of amides is 1. The molecular formula is C27H24N2O6. The Morgan fingerprint density at radius 2 is 1.86 bits per heavy atom. The number of hydrogen-bond donors (Lipinski definition) is 1. The average Bonchev–Trinajstić information content (AvgIpc) is 3.38. The van der Waals surface area contributed by atoms with Crippen LogP contribution < -0.4 is 19.1 Å². The number of anilines is 1. The normalized spacial score (nSPS) is 20.5. The molecule has 1 saturated heterocycles. The summed E-state index contributed by atoms with van der Waals surface area (Å²) >= 11 is 0. The number of methoxy groups -OCH3 is 2. The number of fused-ring (bicyclic) bond motifs is 1. The lowest BCUT2D eigenvalue weighted by Crippen LogP contribution is -2.30. The quantitative estimate of drug-likeness (QED) is 0.340. The molecule has 2 aliphatic rings. The number of carbonyl (C=O) groups excluding carboxylic acids is 2. The highest BCUT2D eigenvalue weighted by atomic mass is 16.5. The van der Waals surface area contributed by atoms with Gasteiger partial charge in [-0.3, -0.25) is 14.5 Å². The summed E-state index contributed by atoms with van der Waals surface area (Å²) in [7, 11) is 3.03. The van der Waals surface area contributed by atoms with Crippen molar-refractivity contribution >= 4 is 23.3 Å². The molecule has 1 N–H and O–H groups in total. The summed E-state index contributed by atoms with van der Waals surface area (Å²) in [6.07, 6.45) is 2.27. The summed E-state index contributed by atoms with van der Waals surface area (Å²) in [6, 6.07) is 14.6. The van der Waals surface area contributed by atoms with Crippen LogP contribution in [0.1, 0.15) is 29.7 Å². The van der Waals surface area contributed by atoms with Gasteiger partial charge in [-0.25, -0.2) is 4.98 Å². The van der Waals surface area contributed by atoms with Crippen LogP contribution in [0.5, 0.6) is 17.2 Å². The third-order valence-corrected chi connectivity index (χ3v) is 6.23. The van der Waals surface area contributed by atoms with Crippen molar-refractivity contribution in [3.63, 3.8) is 0 Å². The Labute approximate surface area is 202 Å². The molecule has 3 aromatic rings. The van der Waals surface area contributed by atoms with Crippen LogP contribution in [-0.4, -0.2) is 42.1 Å². The highest BCUT2D eigenvalue weighted by molar-refractivity contribution is 6.51. The Bertz CT molecular complexity index is 1350. The molecular weight excluding hydrogens is 448 g/mol. The summed E-state index contributed by atoms with van der Waals surface area (Å²) in [5, 5.41) is 11.4. The van der Waals surface area contributed by atoms with Crippen molar-refractivity contribution in [2.75, 3.05) is 19.1 Å². The summed E-state index contributed by atoms with van der Waals surface area (Å²) in [6.45, 7) is 1.97. The minimum absolute atomic E-state index is 0.0280. The van der Waals surface area contributed by atoms with E-state index in [0.717, 1.165) is 11.3 Å². The van der Waals surface area contributed by atoms with Gasteiger partial charge in [0.25, 0.3) is 5.78 Å². The molecule has 2 atom stereocenters. The van der Waals surface area contributed by atoms with Crippen molar-refractivity contribution in [1.82, 2.24) is 4.98 Å². The third-order valence-electron chi connectivity index (χ3n) is 6.23. The molecule has 35 heavy (non-hydrogen) atoms. The van der Waals surface area contributed by atoms with Crippen LogP contribution in [0.15, 0.2) is 66.4 Å². The van der Waals surface area contributed by atoms with E-state index in [1.165, 1.54) is 19.1 Å². The van der Waals surface area contributed by atoms with E-state index in [4.69, 9.17) is 14.2 Å². The van der Waals surface area contributed by atoms with Crippen molar-refractivity contribution in [2.45, 2.75) is 25.5 Å². The van der Waals surface area contributed by atoms with Gasteiger partial charge in [-0.05, 0) is 60.5 Å². The van der Waals surface area contributed by atoms with Crippen LogP contribution in [0, 0.1) is 0 Å². The number of nitrogens with zero attached hydrogens (tertiary/aromatic N) is 2. The molecule has 5 rings (SSSR count). The number of ketones is 1. The number of pyridine rings is 1. The van der Waals surface area contributed by atoms with E-state index in [1.807, 2.05) is 6.92 Å². The maximum atomic E-state index is 13.3. The van der Waals surface area contributed by atoms with E-state index in [-0.39, 0.29) is 17.4 Å². The van der Waals surface area contributed by atoms with E-state index < -0.39 is 17.7 Å². The zero-order chi connectivity index (χ0) is 24.7. The van der Waals surface area contributed by atoms with Gasteiger partial charge in [-0.15, -0.1) is 0 Å². The lowest BCUT2D eigenvalue weighted by Gasteiger charge is -2.25. The Hall–Kier alpha value is -4.33. The van der Waals surface area contributed by atoms with Gasteiger partial charge in [0.2, 0.25) is 0 Å². The second-order valence-electron chi connectivity index (χ2n) is 8.43. The molecule has 0 saturated carbocycles. The molecule has 2 aromatic carbocycles. The molecule has 1 amide bonds. The molecule has 3 heterocycles. The number of aromatic nitrogens is 1. The van der Waals surface area contributed by atoms with Gasteiger partial charge in [0.05, 0.1) is 25.8 Å². The molecule has 1 aromatic heterocycles. The molecule has 0 aliphatic carbocycles. The standard InChI is InChI=1S/C27H24N2O6/c1-15-12-18-13-17(8-9-19(18)35-15)25(30)23-24(16-7-10-20(33-2)21(14-16)34-3)29(27(32)26(23)31)22-6-4-5-11-28-22/h4-11,13-15,24,30H,12H2,1-3H3. The molecule has 2 unspecified atom stereocenters. The summed E-state index contributed by atoms with van der Waals surface area (Å²) < 4.78 is 16.6. The van der Waals surface area contributed by atoms with Crippen molar-refractivity contribution in [1.29, 1.82) is 0 Å². The van der Waals surface area contributed by atoms with Crippen molar-refractivity contribution in [3.05, 3.63) is 83.1 Å². The van der Waals surface area contributed by atoms with Gasteiger partial charge >= 0.3 is 5.91 Å². The third kappa shape index (κ3) is 3.77. The largest absolute Gasteiger partial charge is 0.507 e. The number of carbonyl (C=O) groups is 2. The van der Waals surface area contributed by atoms with Gasteiger partial charge in [0.1, 0.15) is 23.4 Å². The molecule has 2 aliphatic heterocycles. The fraction of sp³-hybridized carbons (Fsp3) is 0.222. The minimum atomic E-state index is -0.923. The molecule has 1 fully saturated rings. The second-order valence-corrected chi connectivity index (χ2v) is 8.43. The molecule has 0 spiro atoms. The van der Waals surface area contributed by atoms with E-state index >= 15 is 0 Å². The van der Waals surface area contributed by atoms with Gasteiger partial charge in [-0.1, -0.05) is 12.1 Å². The van der Waals surface area contributed by atoms with Gasteiger partial charge in [0.15, 0.2) is 11.5 Å². The van der Waals surface area contributed by atoms with Crippen molar-refractivity contribution in [3.8, 4) is 17.2 Å². The number of ether oxygens (including phenoxy) is 3. The Balaban J connectivity index is 1.70. The lowest BCUT2D eigenvalue weighted by atomic mass is 9.94. The minimum Gasteiger partial charge on any atom is -0.507 e. The molecule has 8 nitrogen and oxygen atoms in total. The molecule has 0 bridgehead atoms. The van der Waals surface area contributed by atoms with Gasteiger partial charge < -0.3 is 19.3 Å². The van der Waals surface area contributed by atoms with Crippen LogP contribution in [0.3, 0.4) is 0 Å². The van der Waals surface area contributed by atoms with Crippen LogP contribution in [-0.2, 0) is 16.0 Å². The number of rotatable bonds is 5. The maximum Gasteiger partial charge on any atom is 0.301 e. The average molecular weight is 472 g/mol. The molecule has 8 heteroatoms. The molecule has 178 valence electrons. The van der Waals surface area contributed by atoms with Crippen LogP contribution in [0.4, 0.5) is 5.82 Å². The first-order valence-corrected chi connectivity index (χ1v) is 11.2. The van der Waals surface area contributed by atoms with Crippen molar-refractivity contribution < 1.29 is 28.9 Å². The summed E-state index contributed by atoms with van der Waals surface area (Å²) in [4.78, 5) is 32.2. The number of aliphatic hydroxyl groups is 1. The first-order valence-electron chi connectivity index (χ1n) is 11.2. The lowest BCUT2D eigenvalue weighted by molar-refractivity contribution is -0.132. The highest BCUT2D eigenvalue weighted by Crippen LogP contribution is 2.44. The van der Waals surface area contributed by atoms with Gasteiger partial charge in [0, 0.05) is 18.2 Å². The second kappa shape index (κ2) is 8.79. The fourth-order valence-electron chi connectivity index (χ4n) is 4.63. The highest BCUT2D eigenvalue weighted by Gasteiger charge is 2.47. The van der Waals surface area contributed by atoms with E-state index in [2.05, 4.69) is 4.98 Å². The van der Waals surface area contributed by atoms with E-state index in [9.17, 15) is 14.7 Å². The topological polar surface area (TPSA) is 98.2 Å². The smallest absolute Gasteiger partial charge is 0.301 e. The summed E-state index contributed by atoms with van der Waals surface area (Å²) in [5.74, 6) is 0.147. The Kier molecular flexibility index (Phi) is 5.64. The number of aliphatic hydroxyl groups excluding tert-OH is 1. The van der Waals surface area contributed by atoms with Crippen LogP contribution in [0.2, 0.25) is 0 Å². The predicted molar refractivity (Wildman–Crippen MR) is 129 cm³/mol. The SMILES string of the molecule is COc1ccc(C2C(=C(O)c3ccc4c(c3)CC(C)O4)C(=O)C(=O)N2c2ccccn2)cc1OC. The number of hydrogen-bond acceptors (Lipinski definition) is 7. The maximum absolute atomic E-state index is 13.3. The first kappa shape index (κ1) is 22.5. The Morgan fingerprint density at radius 3 is 2.57 bits per heavy atom. The number of benzene rings is 2. The zero-order valence-electron chi connectivity index (χ0n) is 19.5. The van der Waals surface area contributed by atoms with Gasteiger partial charge in [-0.2, -0.15) is 0 Å². The van der Waals surface area contributed by atoms with E-state index in [0.29, 0.717) is 34.9 Å². The number of Topliss-reactive ketones (excluding diaryl/α,β-unsaturated/α-hetero) is 1. The van der Waals surface area contributed by atoms with Crippen LogP contribution >= 0.6 is 0 Å². The predicted octanol–water partition coefficient (Wildman–Crippen LogP) is 4.05. The summed E-state index contributed by atoms with van der Waals surface area (Å²) in [5.41, 5.74) is 1.90. The van der Waals surface area contributed by atoms with E-state index in [1.54, 1.807) is 60.8 Å². The van der Waals surface area contributed by atoms with Crippen LogP contribution in [0.25, 0.3) is 5.76 Å². The first-order chi connectivity index (χ1) is 16.9. The van der Waals surface area contributed by atoms with Crippen molar-refractivity contribution in [2.24, 2.45) is 0 Å². The molecule has 0 radical (unpaired) electrons.